The van der Waals surface area contributed by atoms with Crippen LogP contribution < -0.4 is 10.7 Å². The predicted octanol–water partition coefficient (Wildman–Crippen LogP) is -0.407. The molecule has 19 heavy (non-hydrogen) atoms. The SMILES string of the molecule is NS(=O)(=O)n1ccc(-c2ccc(=O)[nH]c2)c1C(=O)O. The van der Waals surface area contributed by atoms with Crippen molar-refractivity contribution in [2.24, 2.45) is 5.14 Å². The highest BCUT2D eigenvalue weighted by Crippen LogP contribution is 2.24. The van der Waals surface area contributed by atoms with Gasteiger partial charge in [0.2, 0.25) is 5.56 Å². The average molecular weight is 283 g/mol. The molecule has 0 saturated heterocycles. The van der Waals surface area contributed by atoms with E-state index in [9.17, 15) is 18.0 Å². The quantitative estimate of drug-likeness (QED) is 0.703. The van der Waals surface area contributed by atoms with Gasteiger partial charge < -0.3 is 10.1 Å². The van der Waals surface area contributed by atoms with E-state index in [1.54, 1.807) is 0 Å². The monoisotopic (exact) mass is 283 g/mol. The molecule has 0 aliphatic heterocycles. The first kappa shape index (κ1) is 13.1. The molecule has 0 aliphatic rings. The summed E-state index contributed by atoms with van der Waals surface area (Å²) >= 11 is 0. The van der Waals surface area contributed by atoms with Crippen molar-refractivity contribution in [3.63, 3.8) is 0 Å². The fourth-order valence-electron chi connectivity index (χ4n) is 1.65. The second-order valence-electron chi connectivity index (χ2n) is 3.67. The van der Waals surface area contributed by atoms with Gasteiger partial charge in [0.15, 0.2) is 5.69 Å². The number of aromatic amines is 1. The highest BCUT2D eigenvalue weighted by molar-refractivity contribution is 7.87. The number of carboxylic acid groups (broad SMARTS) is 1. The minimum atomic E-state index is -4.21. The van der Waals surface area contributed by atoms with E-state index in [1.807, 2.05) is 0 Å². The number of nitrogens with one attached hydrogen (secondary N) is 1. The van der Waals surface area contributed by atoms with Crippen molar-refractivity contribution in [1.82, 2.24) is 8.96 Å². The maximum atomic E-state index is 11.3. The van der Waals surface area contributed by atoms with E-state index < -0.39 is 21.9 Å². The Morgan fingerprint density at radius 3 is 2.47 bits per heavy atom. The van der Waals surface area contributed by atoms with Gasteiger partial charge in [-0.05, 0) is 12.1 Å². The fraction of sp³-hybridized carbons (Fsp3) is 0. The van der Waals surface area contributed by atoms with Crippen LogP contribution in [0.2, 0.25) is 0 Å². The second kappa shape index (κ2) is 4.37. The Balaban J connectivity index is 2.72. The van der Waals surface area contributed by atoms with Gasteiger partial charge in [0, 0.05) is 29.6 Å². The summed E-state index contributed by atoms with van der Waals surface area (Å²) in [6, 6.07) is 3.88. The molecule has 100 valence electrons. The first-order valence-electron chi connectivity index (χ1n) is 4.98. The highest BCUT2D eigenvalue weighted by Gasteiger charge is 2.22. The number of carboxylic acids is 1. The standard InChI is InChI=1S/C10H9N3O5S/c11-19(17,18)13-4-3-7(9(13)10(15)16)6-1-2-8(14)12-5-6/h1-5H,(H,12,14)(H,15,16)(H2,11,17,18). The summed E-state index contributed by atoms with van der Waals surface area (Å²) in [7, 11) is -4.21. The number of pyridine rings is 1. The summed E-state index contributed by atoms with van der Waals surface area (Å²) in [6.45, 7) is 0. The third-order valence-electron chi connectivity index (χ3n) is 2.42. The molecule has 0 fully saturated rings. The molecular weight excluding hydrogens is 274 g/mol. The molecule has 0 aliphatic carbocycles. The number of aromatic carboxylic acids is 1. The fourth-order valence-corrected chi connectivity index (χ4v) is 2.31. The van der Waals surface area contributed by atoms with Crippen molar-refractivity contribution in [1.29, 1.82) is 0 Å². The van der Waals surface area contributed by atoms with Crippen molar-refractivity contribution < 1.29 is 18.3 Å². The highest BCUT2D eigenvalue weighted by atomic mass is 32.2. The first-order chi connectivity index (χ1) is 8.80. The second-order valence-corrected chi connectivity index (χ2v) is 5.09. The maximum Gasteiger partial charge on any atom is 0.354 e. The number of H-pyrrole nitrogens is 1. The Labute approximate surface area is 107 Å². The van der Waals surface area contributed by atoms with Crippen LogP contribution in [0, 0.1) is 0 Å². The van der Waals surface area contributed by atoms with Crippen LogP contribution in [0.4, 0.5) is 0 Å². The zero-order valence-corrected chi connectivity index (χ0v) is 10.2. The van der Waals surface area contributed by atoms with Gasteiger partial charge in [-0.2, -0.15) is 8.42 Å². The molecule has 0 spiro atoms. The molecule has 0 aromatic carbocycles. The predicted molar refractivity (Wildman–Crippen MR) is 66.0 cm³/mol. The van der Waals surface area contributed by atoms with Crippen LogP contribution in [-0.2, 0) is 10.2 Å². The van der Waals surface area contributed by atoms with Gasteiger partial charge >= 0.3 is 16.2 Å². The molecule has 0 radical (unpaired) electrons. The number of hydrogen-bond donors (Lipinski definition) is 3. The van der Waals surface area contributed by atoms with E-state index >= 15 is 0 Å². The molecule has 2 aromatic rings. The van der Waals surface area contributed by atoms with Gasteiger partial charge in [-0.3, -0.25) is 4.79 Å². The van der Waals surface area contributed by atoms with Crippen molar-refractivity contribution in [3.05, 3.63) is 46.6 Å². The molecule has 4 N–H and O–H groups in total. The minimum absolute atomic E-state index is 0.137. The number of aromatic nitrogens is 2. The van der Waals surface area contributed by atoms with Crippen LogP contribution in [-0.4, -0.2) is 28.5 Å². The van der Waals surface area contributed by atoms with E-state index in [0.29, 0.717) is 9.54 Å². The lowest BCUT2D eigenvalue weighted by atomic mass is 10.1. The summed E-state index contributed by atoms with van der Waals surface area (Å²) in [5, 5.41) is 14.0. The Morgan fingerprint density at radius 2 is 2.00 bits per heavy atom. The van der Waals surface area contributed by atoms with Gasteiger partial charge in [0.05, 0.1) is 0 Å². The van der Waals surface area contributed by atoms with Crippen molar-refractivity contribution in [2.45, 2.75) is 0 Å². The van der Waals surface area contributed by atoms with E-state index in [2.05, 4.69) is 4.98 Å². The molecule has 0 bridgehead atoms. The van der Waals surface area contributed by atoms with Gasteiger partial charge in [0.1, 0.15) is 0 Å². The number of rotatable bonds is 3. The molecule has 2 rings (SSSR count). The largest absolute Gasteiger partial charge is 0.477 e. The van der Waals surface area contributed by atoms with Gasteiger partial charge in [0.25, 0.3) is 0 Å². The zero-order chi connectivity index (χ0) is 14.2. The molecule has 2 aromatic heterocycles. The smallest absolute Gasteiger partial charge is 0.354 e. The van der Waals surface area contributed by atoms with Crippen LogP contribution in [0.25, 0.3) is 11.1 Å². The number of hydrogen-bond acceptors (Lipinski definition) is 4. The zero-order valence-electron chi connectivity index (χ0n) is 9.40. The summed E-state index contributed by atoms with van der Waals surface area (Å²) in [5.41, 5.74) is -0.349. The van der Waals surface area contributed by atoms with Gasteiger partial charge in [-0.15, -0.1) is 0 Å². The summed E-state index contributed by atoms with van der Waals surface area (Å²) in [5.74, 6) is -1.44. The van der Waals surface area contributed by atoms with Crippen LogP contribution in [0.5, 0.6) is 0 Å². The van der Waals surface area contributed by atoms with E-state index in [4.69, 9.17) is 10.2 Å². The van der Waals surface area contributed by atoms with Crippen molar-refractivity contribution in [2.75, 3.05) is 0 Å². The Hall–Kier alpha value is -2.39. The minimum Gasteiger partial charge on any atom is -0.477 e. The van der Waals surface area contributed by atoms with Crippen molar-refractivity contribution >= 4 is 16.2 Å². The molecule has 2 heterocycles. The Morgan fingerprint density at radius 1 is 1.32 bits per heavy atom. The lowest BCUT2D eigenvalue weighted by Gasteiger charge is -2.05. The van der Waals surface area contributed by atoms with Crippen LogP contribution in [0.3, 0.4) is 0 Å². The molecular formula is C10H9N3O5S. The molecule has 0 saturated carbocycles. The molecule has 0 atom stereocenters. The summed E-state index contributed by atoms with van der Waals surface area (Å²) in [4.78, 5) is 24.5. The summed E-state index contributed by atoms with van der Waals surface area (Å²) < 4.78 is 23.0. The molecule has 9 heteroatoms. The third-order valence-corrected chi connectivity index (χ3v) is 3.28. The van der Waals surface area contributed by atoms with Gasteiger partial charge in [-0.1, -0.05) is 0 Å². The van der Waals surface area contributed by atoms with E-state index in [0.717, 1.165) is 6.20 Å². The molecule has 8 nitrogen and oxygen atoms in total. The third kappa shape index (κ3) is 2.41. The normalized spacial score (nSPS) is 11.4. The average Bonchev–Trinajstić information content (AvgIpc) is 2.74. The number of nitrogens with two attached hydrogens (primary N) is 1. The van der Waals surface area contributed by atoms with Crippen molar-refractivity contribution in [3.8, 4) is 11.1 Å². The number of carbonyl (C=O) groups is 1. The van der Waals surface area contributed by atoms with Crippen LogP contribution in [0.15, 0.2) is 35.4 Å². The number of nitrogens with zero attached hydrogens (tertiary/aromatic N) is 1. The van der Waals surface area contributed by atoms with Gasteiger partial charge in [-0.25, -0.2) is 13.9 Å². The summed E-state index contributed by atoms with van der Waals surface area (Å²) in [6.07, 6.45) is 2.33. The maximum absolute atomic E-state index is 11.3. The van der Waals surface area contributed by atoms with Crippen LogP contribution in [0.1, 0.15) is 10.5 Å². The lowest BCUT2D eigenvalue weighted by molar-refractivity contribution is 0.0690. The Bertz CT molecular complexity index is 782. The Kier molecular flexibility index (Phi) is 3.00. The topological polar surface area (TPSA) is 135 Å². The molecule has 0 unspecified atom stereocenters. The molecule has 0 amide bonds. The lowest BCUT2D eigenvalue weighted by Crippen LogP contribution is -2.24. The first-order valence-corrected chi connectivity index (χ1v) is 6.48. The van der Waals surface area contributed by atoms with E-state index in [-0.39, 0.29) is 11.1 Å². The van der Waals surface area contributed by atoms with E-state index in [1.165, 1.54) is 24.4 Å². The van der Waals surface area contributed by atoms with Crippen LogP contribution >= 0.6 is 0 Å².